The maximum Gasteiger partial charge on any atom is 0.150 e. The lowest BCUT2D eigenvalue weighted by atomic mass is 10.3. The van der Waals surface area contributed by atoms with Gasteiger partial charge in [-0.15, -0.1) is 11.3 Å². The molecule has 0 fully saturated rings. The van der Waals surface area contributed by atoms with Crippen LogP contribution in [0.1, 0.15) is 5.56 Å². The van der Waals surface area contributed by atoms with Crippen LogP contribution in [0.5, 0.6) is 0 Å². The Balaban J connectivity index is 1.98. The summed E-state index contributed by atoms with van der Waals surface area (Å²) in [6.07, 6.45) is 3.53. The Hall–Kier alpha value is -0.580. The van der Waals surface area contributed by atoms with Crippen molar-refractivity contribution < 1.29 is 0 Å². The molecule has 0 radical (unpaired) electrons. The van der Waals surface area contributed by atoms with Crippen molar-refractivity contribution in [3.63, 3.8) is 0 Å². The van der Waals surface area contributed by atoms with Crippen LogP contribution in [0.2, 0.25) is 5.15 Å². The van der Waals surface area contributed by atoms with Crippen molar-refractivity contribution in [2.75, 3.05) is 0 Å². The highest BCUT2D eigenvalue weighted by Gasteiger charge is 1.99. The van der Waals surface area contributed by atoms with Crippen LogP contribution in [-0.2, 0) is 5.75 Å². The van der Waals surface area contributed by atoms with Gasteiger partial charge in [-0.25, -0.2) is 9.97 Å². The van der Waals surface area contributed by atoms with Crippen molar-refractivity contribution in [2.45, 2.75) is 10.1 Å². The first-order chi connectivity index (χ1) is 6.84. The van der Waals surface area contributed by atoms with Gasteiger partial charge in [0.25, 0.3) is 0 Å². The predicted molar refractivity (Wildman–Crippen MR) is 60.9 cm³/mol. The maximum absolute atomic E-state index is 5.77. The Morgan fingerprint density at radius 2 is 2.29 bits per heavy atom. The average molecular weight is 243 g/mol. The fourth-order valence-corrected chi connectivity index (χ4v) is 2.74. The Morgan fingerprint density at radius 3 is 3.00 bits per heavy atom. The number of nitrogens with zero attached hydrogens (tertiary/aromatic N) is 2. The van der Waals surface area contributed by atoms with Gasteiger partial charge in [0.2, 0.25) is 0 Å². The molecule has 0 N–H and O–H groups in total. The number of thioether (sulfide) groups is 1. The third kappa shape index (κ3) is 2.70. The van der Waals surface area contributed by atoms with Crippen molar-refractivity contribution in [1.29, 1.82) is 0 Å². The summed E-state index contributed by atoms with van der Waals surface area (Å²) in [4.78, 5) is 8.11. The number of rotatable bonds is 3. The van der Waals surface area contributed by atoms with Crippen LogP contribution < -0.4 is 0 Å². The summed E-state index contributed by atoms with van der Waals surface area (Å²) in [7, 11) is 0. The number of aromatic nitrogens is 2. The fraction of sp³-hybridized carbons (Fsp3) is 0.111. The summed E-state index contributed by atoms with van der Waals surface area (Å²) >= 11 is 9.13. The van der Waals surface area contributed by atoms with E-state index in [1.807, 2.05) is 23.7 Å². The molecule has 0 saturated carbocycles. The van der Waals surface area contributed by atoms with Crippen LogP contribution in [-0.4, -0.2) is 9.97 Å². The second-order valence-electron chi connectivity index (χ2n) is 2.57. The lowest BCUT2D eigenvalue weighted by molar-refractivity contribution is 1.23. The second-order valence-corrected chi connectivity index (χ2v) is 5.08. The summed E-state index contributed by atoms with van der Waals surface area (Å²) in [6, 6.07) is 3.84. The zero-order valence-electron chi connectivity index (χ0n) is 7.18. The van der Waals surface area contributed by atoms with E-state index < -0.39 is 0 Å². The standard InChI is InChI=1S/C9H7ClN2S2/c10-8-5-7(1-2-11-8)6-14-9-12-3-4-13-9/h1-5H,6H2. The molecule has 72 valence electrons. The van der Waals surface area contributed by atoms with Gasteiger partial charge in [-0.05, 0) is 17.7 Å². The van der Waals surface area contributed by atoms with E-state index in [9.17, 15) is 0 Å². The van der Waals surface area contributed by atoms with E-state index in [0.29, 0.717) is 5.15 Å². The highest BCUT2D eigenvalue weighted by molar-refractivity contribution is 8.00. The SMILES string of the molecule is Clc1cc(CSc2nccs2)ccn1. The first-order valence-corrected chi connectivity index (χ1v) is 6.21. The highest BCUT2D eigenvalue weighted by atomic mass is 35.5. The van der Waals surface area contributed by atoms with E-state index in [1.165, 1.54) is 5.56 Å². The van der Waals surface area contributed by atoms with Gasteiger partial charge in [0.1, 0.15) is 9.49 Å². The first-order valence-electron chi connectivity index (χ1n) is 3.97. The number of hydrogen-bond donors (Lipinski definition) is 0. The summed E-state index contributed by atoms with van der Waals surface area (Å²) in [5, 5.41) is 2.52. The monoisotopic (exact) mass is 242 g/mol. The molecular formula is C9H7ClN2S2. The van der Waals surface area contributed by atoms with Crippen LogP contribution >= 0.6 is 34.7 Å². The molecule has 5 heteroatoms. The topological polar surface area (TPSA) is 25.8 Å². The van der Waals surface area contributed by atoms with E-state index in [-0.39, 0.29) is 0 Å². The minimum atomic E-state index is 0.544. The van der Waals surface area contributed by atoms with E-state index in [0.717, 1.165) is 10.1 Å². The van der Waals surface area contributed by atoms with Crippen LogP contribution in [0.25, 0.3) is 0 Å². The molecule has 0 unspecified atom stereocenters. The van der Waals surface area contributed by atoms with Crippen LogP contribution in [0.4, 0.5) is 0 Å². The molecule has 0 amide bonds. The molecule has 0 aromatic carbocycles. The van der Waals surface area contributed by atoms with E-state index in [2.05, 4.69) is 9.97 Å². The molecule has 0 atom stereocenters. The lowest BCUT2D eigenvalue weighted by Crippen LogP contribution is -1.82. The first kappa shape index (κ1) is 9.96. The van der Waals surface area contributed by atoms with E-state index in [1.54, 1.807) is 29.3 Å². The molecule has 14 heavy (non-hydrogen) atoms. The van der Waals surface area contributed by atoms with E-state index >= 15 is 0 Å². The minimum Gasteiger partial charge on any atom is -0.245 e. The van der Waals surface area contributed by atoms with Gasteiger partial charge in [0.15, 0.2) is 0 Å². The van der Waals surface area contributed by atoms with Gasteiger partial charge in [-0.2, -0.15) is 0 Å². The Morgan fingerprint density at radius 1 is 1.36 bits per heavy atom. The van der Waals surface area contributed by atoms with Crippen LogP contribution in [0, 0.1) is 0 Å². The zero-order chi connectivity index (χ0) is 9.80. The average Bonchev–Trinajstić information content (AvgIpc) is 2.67. The predicted octanol–water partition coefficient (Wildman–Crippen LogP) is 3.48. The second kappa shape index (κ2) is 4.77. The molecule has 0 aliphatic heterocycles. The molecule has 2 aromatic rings. The molecule has 2 rings (SSSR count). The minimum absolute atomic E-state index is 0.544. The maximum atomic E-state index is 5.77. The largest absolute Gasteiger partial charge is 0.245 e. The third-order valence-corrected chi connectivity index (χ3v) is 3.81. The fourth-order valence-electron chi connectivity index (χ4n) is 0.959. The summed E-state index contributed by atoms with van der Waals surface area (Å²) in [6.45, 7) is 0. The van der Waals surface area contributed by atoms with Gasteiger partial charge in [0.05, 0.1) is 0 Å². The number of thiazole rings is 1. The summed E-state index contributed by atoms with van der Waals surface area (Å²) in [5.41, 5.74) is 1.17. The molecule has 0 spiro atoms. The Kier molecular flexibility index (Phi) is 3.39. The molecule has 0 aliphatic rings. The van der Waals surface area contributed by atoms with Gasteiger partial charge in [0, 0.05) is 23.5 Å². The normalized spacial score (nSPS) is 10.4. The van der Waals surface area contributed by atoms with Gasteiger partial charge in [-0.1, -0.05) is 23.4 Å². The summed E-state index contributed by atoms with van der Waals surface area (Å²) < 4.78 is 1.08. The molecule has 0 bridgehead atoms. The van der Waals surface area contributed by atoms with Crippen molar-refractivity contribution >= 4 is 34.7 Å². The van der Waals surface area contributed by atoms with Crippen molar-refractivity contribution in [1.82, 2.24) is 9.97 Å². The number of halogens is 1. The molecule has 2 aromatic heterocycles. The number of hydrogen-bond acceptors (Lipinski definition) is 4. The Bertz CT molecular complexity index is 403. The van der Waals surface area contributed by atoms with Crippen LogP contribution in [0.15, 0.2) is 34.2 Å². The van der Waals surface area contributed by atoms with Gasteiger partial charge >= 0.3 is 0 Å². The van der Waals surface area contributed by atoms with Gasteiger partial charge < -0.3 is 0 Å². The zero-order valence-corrected chi connectivity index (χ0v) is 9.57. The molecule has 0 saturated heterocycles. The van der Waals surface area contributed by atoms with Gasteiger partial charge in [-0.3, -0.25) is 0 Å². The molecule has 0 aliphatic carbocycles. The van der Waals surface area contributed by atoms with Crippen molar-refractivity contribution in [2.24, 2.45) is 0 Å². The quantitative estimate of drug-likeness (QED) is 0.609. The molecule has 2 heterocycles. The highest BCUT2D eigenvalue weighted by Crippen LogP contribution is 2.24. The lowest BCUT2D eigenvalue weighted by Gasteiger charge is -1.98. The van der Waals surface area contributed by atoms with Crippen LogP contribution in [0.3, 0.4) is 0 Å². The molecular weight excluding hydrogens is 236 g/mol. The summed E-state index contributed by atoms with van der Waals surface area (Å²) in [5.74, 6) is 0.885. The smallest absolute Gasteiger partial charge is 0.150 e. The van der Waals surface area contributed by atoms with Crippen molar-refractivity contribution in [3.05, 3.63) is 40.6 Å². The van der Waals surface area contributed by atoms with E-state index in [4.69, 9.17) is 11.6 Å². The third-order valence-electron chi connectivity index (χ3n) is 1.56. The molecule has 2 nitrogen and oxygen atoms in total. The number of pyridine rings is 1. The Labute approximate surface area is 95.4 Å². The van der Waals surface area contributed by atoms with Crippen molar-refractivity contribution in [3.8, 4) is 0 Å².